The minimum Gasteiger partial charge on any atom is -0.483 e. The van der Waals surface area contributed by atoms with Crippen molar-refractivity contribution < 1.29 is 14.3 Å². The average molecular weight is 311 g/mol. The lowest BCUT2D eigenvalue weighted by atomic mass is 10.0. The van der Waals surface area contributed by atoms with Gasteiger partial charge in [-0.1, -0.05) is 41.5 Å². The molecule has 0 radical (unpaired) electrons. The Hall–Kier alpha value is -2.62. The summed E-state index contributed by atoms with van der Waals surface area (Å²) in [6.45, 7) is 5.88. The Morgan fingerprint density at radius 2 is 1.83 bits per heavy atom. The fourth-order valence-corrected chi connectivity index (χ4v) is 2.48. The smallest absolute Gasteiger partial charge is 0.258 e. The molecular weight excluding hydrogens is 290 g/mol. The average Bonchev–Trinajstić information content (AvgIpc) is 2.52. The van der Waals surface area contributed by atoms with Gasteiger partial charge in [0.25, 0.3) is 5.91 Å². The van der Waals surface area contributed by atoms with Gasteiger partial charge >= 0.3 is 0 Å². The van der Waals surface area contributed by atoms with E-state index < -0.39 is 0 Å². The lowest BCUT2D eigenvalue weighted by Crippen LogP contribution is -2.31. The summed E-state index contributed by atoms with van der Waals surface area (Å²) in [7, 11) is 0. The number of carbonyl (C=O) groups excluding carboxylic acids is 2. The van der Waals surface area contributed by atoms with Crippen LogP contribution in [0, 0.1) is 13.8 Å². The van der Waals surface area contributed by atoms with Gasteiger partial charge in [-0.05, 0) is 38.5 Å². The Labute approximate surface area is 136 Å². The summed E-state index contributed by atoms with van der Waals surface area (Å²) in [5.74, 6) is 0.189. The largest absolute Gasteiger partial charge is 0.483 e. The molecular formula is C19H21NO3. The van der Waals surface area contributed by atoms with Crippen molar-refractivity contribution in [3.05, 3.63) is 64.7 Å². The van der Waals surface area contributed by atoms with Gasteiger partial charge in [0.05, 0.1) is 11.6 Å². The van der Waals surface area contributed by atoms with E-state index in [0.29, 0.717) is 17.6 Å². The fraction of sp³-hybridized carbons (Fsp3) is 0.263. The molecule has 1 unspecified atom stereocenters. The second-order valence-electron chi connectivity index (χ2n) is 5.65. The highest BCUT2D eigenvalue weighted by atomic mass is 16.5. The van der Waals surface area contributed by atoms with Crippen LogP contribution in [-0.2, 0) is 4.79 Å². The van der Waals surface area contributed by atoms with Crippen LogP contribution in [0.5, 0.6) is 5.75 Å². The van der Waals surface area contributed by atoms with Crippen LogP contribution < -0.4 is 10.1 Å². The maximum absolute atomic E-state index is 12.0. The van der Waals surface area contributed by atoms with Crippen molar-refractivity contribution in [2.45, 2.75) is 26.8 Å². The normalized spacial score (nSPS) is 11.6. The highest BCUT2D eigenvalue weighted by Gasteiger charge is 2.11. The molecule has 1 N–H and O–H groups in total. The van der Waals surface area contributed by atoms with Crippen molar-refractivity contribution in [2.24, 2.45) is 0 Å². The molecule has 120 valence electrons. The SMILES string of the molecule is Cc1cc(C)cc(C(C)NC(=O)COc2ccccc2C=O)c1. The van der Waals surface area contributed by atoms with E-state index in [1.807, 2.05) is 20.8 Å². The molecule has 23 heavy (non-hydrogen) atoms. The lowest BCUT2D eigenvalue weighted by molar-refractivity contribution is -0.123. The maximum atomic E-state index is 12.0. The zero-order valence-electron chi connectivity index (χ0n) is 13.6. The lowest BCUT2D eigenvalue weighted by Gasteiger charge is -2.16. The summed E-state index contributed by atoms with van der Waals surface area (Å²) in [5.41, 5.74) is 3.82. The van der Waals surface area contributed by atoms with E-state index in [1.165, 1.54) is 0 Å². The number of hydrogen-bond donors (Lipinski definition) is 1. The molecule has 0 spiro atoms. The second-order valence-corrected chi connectivity index (χ2v) is 5.65. The number of nitrogens with one attached hydrogen (secondary N) is 1. The first kappa shape index (κ1) is 16.7. The summed E-state index contributed by atoms with van der Waals surface area (Å²) in [6, 6.07) is 12.9. The van der Waals surface area contributed by atoms with Gasteiger partial charge in [0.2, 0.25) is 0 Å². The molecule has 4 heteroatoms. The molecule has 2 aromatic rings. The molecule has 1 atom stereocenters. The van der Waals surface area contributed by atoms with Gasteiger partial charge in [-0.3, -0.25) is 9.59 Å². The van der Waals surface area contributed by atoms with Crippen molar-refractivity contribution in [1.82, 2.24) is 5.32 Å². The predicted molar refractivity (Wildman–Crippen MR) is 89.8 cm³/mol. The van der Waals surface area contributed by atoms with Crippen LogP contribution in [0.4, 0.5) is 0 Å². The summed E-state index contributed by atoms with van der Waals surface area (Å²) in [4.78, 5) is 23.0. The van der Waals surface area contributed by atoms with Gasteiger partial charge < -0.3 is 10.1 Å². The van der Waals surface area contributed by atoms with Gasteiger partial charge in [0.1, 0.15) is 5.75 Å². The molecule has 4 nitrogen and oxygen atoms in total. The predicted octanol–water partition coefficient (Wildman–Crippen LogP) is 3.37. The molecule has 2 aromatic carbocycles. The molecule has 2 rings (SSSR count). The number of hydrogen-bond acceptors (Lipinski definition) is 3. The zero-order chi connectivity index (χ0) is 16.8. The van der Waals surface area contributed by atoms with Gasteiger partial charge in [0.15, 0.2) is 12.9 Å². The molecule has 0 aliphatic rings. The first-order valence-electron chi connectivity index (χ1n) is 7.54. The number of amides is 1. The minimum absolute atomic E-state index is 0.106. The number of rotatable bonds is 6. The standard InChI is InChI=1S/C19H21NO3/c1-13-8-14(2)10-17(9-13)15(3)20-19(22)12-23-18-7-5-4-6-16(18)11-21/h4-11,15H,12H2,1-3H3,(H,20,22). The highest BCUT2D eigenvalue weighted by Crippen LogP contribution is 2.17. The van der Waals surface area contributed by atoms with Crippen molar-refractivity contribution in [1.29, 1.82) is 0 Å². The summed E-state index contributed by atoms with van der Waals surface area (Å²) in [6.07, 6.45) is 0.714. The number of para-hydroxylation sites is 1. The number of aryl methyl sites for hydroxylation is 2. The van der Waals surface area contributed by atoms with E-state index in [9.17, 15) is 9.59 Å². The van der Waals surface area contributed by atoms with E-state index in [0.717, 1.165) is 16.7 Å². The van der Waals surface area contributed by atoms with Crippen LogP contribution in [0.3, 0.4) is 0 Å². The van der Waals surface area contributed by atoms with Crippen molar-refractivity contribution in [3.8, 4) is 5.75 Å². The summed E-state index contributed by atoms with van der Waals surface area (Å²) >= 11 is 0. The van der Waals surface area contributed by atoms with Gasteiger partial charge in [-0.25, -0.2) is 0 Å². The van der Waals surface area contributed by atoms with Gasteiger partial charge in [0, 0.05) is 0 Å². The second kappa shape index (κ2) is 7.58. The van der Waals surface area contributed by atoms with E-state index in [-0.39, 0.29) is 18.6 Å². The third-order valence-electron chi connectivity index (χ3n) is 3.53. The van der Waals surface area contributed by atoms with Crippen molar-refractivity contribution in [2.75, 3.05) is 6.61 Å². The molecule has 0 aliphatic heterocycles. The maximum Gasteiger partial charge on any atom is 0.258 e. The van der Waals surface area contributed by atoms with Gasteiger partial charge in [-0.15, -0.1) is 0 Å². The third kappa shape index (κ3) is 4.68. The molecule has 0 saturated heterocycles. The Balaban J connectivity index is 1.95. The molecule has 0 saturated carbocycles. The van der Waals surface area contributed by atoms with Gasteiger partial charge in [-0.2, -0.15) is 0 Å². The quantitative estimate of drug-likeness (QED) is 0.832. The third-order valence-corrected chi connectivity index (χ3v) is 3.53. The van der Waals surface area contributed by atoms with Crippen LogP contribution in [0.15, 0.2) is 42.5 Å². The summed E-state index contributed by atoms with van der Waals surface area (Å²) in [5, 5.41) is 2.91. The Morgan fingerprint density at radius 3 is 2.48 bits per heavy atom. The van der Waals surface area contributed by atoms with Crippen LogP contribution in [0.2, 0.25) is 0 Å². The molecule has 0 heterocycles. The van der Waals surface area contributed by atoms with Crippen molar-refractivity contribution in [3.63, 3.8) is 0 Å². The summed E-state index contributed by atoms with van der Waals surface area (Å²) < 4.78 is 5.43. The Kier molecular flexibility index (Phi) is 5.52. The monoisotopic (exact) mass is 311 g/mol. The fourth-order valence-electron chi connectivity index (χ4n) is 2.48. The molecule has 0 bridgehead atoms. The molecule has 0 aromatic heterocycles. The Bertz CT molecular complexity index is 689. The molecule has 1 amide bonds. The van der Waals surface area contributed by atoms with Crippen LogP contribution in [0.1, 0.15) is 40.0 Å². The first-order valence-corrected chi connectivity index (χ1v) is 7.54. The zero-order valence-corrected chi connectivity index (χ0v) is 13.6. The highest BCUT2D eigenvalue weighted by molar-refractivity contribution is 5.81. The van der Waals surface area contributed by atoms with E-state index in [2.05, 4.69) is 23.5 Å². The molecule has 0 aliphatic carbocycles. The topological polar surface area (TPSA) is 55.4 Å². The number of aldehydes is 1. The van der Waals surface area contributed by atoms with Crippen LogP contribution in [-0.4, -0.2) is 18.8 Å². The first-order chi connectivity index (χ1) is 11.0. The minimum atomic E-state index is -0.225. The number of benzene rings is 2. The number of carbonyl (C=O) groups is 2. The van der Waals surface area contributed by atoms with E-state index >= 15 is 0 Å². The van der Waals surface area contributed by atoms with Crippen molar-refractivity contribution >= 4 is 12.2 Å². The molecule has 0 fully saturated rings. The number of ether oxygens (including phenoxy) is 1. The Morgan fingerprint density at radius 1 is 1.17 bits per heavy atom. The van der Waals surface area contributed by atoms with Crippen LogP contribution in [0.25, 0.3) is 0 Å². The van der Waals surface area contributed by atoms with E-state index in [1.54, 1.807) is 24.3 Å². The van der Waals surface area contributed by atoms with E-state index in [4.69, 9.17) is 4.74 Å². The van der Waals surface area contributed by atoms with Crippen LogP contribution >= 0.6 is 0 Å².